The molecule has 0 aliphatic rings. The molecule has 0 saturated carbocycles. The molecule has 2 heterocycles. The molecule has 0 bridgehead atoms. The van der Waals surface area contributed by atoms with Crippen LogP contribution in [-0.2, 0) is 6.61 Å². The van der Waals surface area contributed by atoms with Gasteiger partial charge in [-0.05, 0) is 24.3 Å². The summed E-state index contributed by atoms with van der Waals surface area (Å²) in [6, 6.07) is 7.27. The molecule has 0 aliphatic carbocycles. The van der Waals surface area contributed by atoms with Crippen LogP contribution in [-0.4, -0.2) is 15.0 Å². The number of ether oxygens (including phenoxy) is 1. The minimum absolute atomic E-state index is 0.409. The summed E-state index contributed by atoms with van der Waals surface area (Å²) in [5.41, 5.74) is 6.99. The minimum atomic E-state index is 0.409. The Hall–Kier alpha value is -2.21. The largest absolute Gasteiger partial charge is 0.486 e. The van der Waals surface area contributed by atoms with Crippen LogP contribution in [0.3, 0.4) is 0 Å². The number of nitrogens with zero attached hydrogens (tertiary/aromatic N) is 3. The molecule has 2 aromatic heterocycles. The number of hydrogen-bond acceptors (Lipinski definition) is 6. The molecule has 18 heavy (non-hydrogen) atoms. The quantitative estimate of drug-likeness (QED) is 0.729. The van der Waals surface area contributed by atoms with E-state index >= 15 is 0 Å². The van der Waals surface area contributed by atoms with Gasteiger partial charge >= 0.3 is 0 Å². The summed E-state index contributed by atoms with van der Waals surface area (Å²) in [5.74, 6) is 0.768. The molecule has 0 unspecified atom stereocenters. The maximum Gasteiger partial charge on any atom is 0.189 e. The summed E-state index contributed by atoms with van der Waals surface area (Å²) in [5, 5.41) is 0.855. The molecule has 0 aliphatic heterocycles. The predicted octanol–water partition coefficient (Wildman–Crippen LogP) is 2.25. The molecule has 3 rings (SSSR count). The SMILES string of the molecule is Nc1ccc(OCc2nc3nccnc3s2)cc1. The van der Waals surface area contributed by atoms with Crippen LogP contribution in [0.1, 0.15) is 5.01 Å². The molecular weight excluding hydrogens is 248 g/mol. The standard InChI is InChI=1S/C12H10N4OS/c13-8-1-3-9(4-2-8)17-7-10-16-11-12(18-10)15-6-5-14-11/h1-6H,7,13H2. The fourth-order valence-corrected chi connectivity index (χ4v) is 2.27. The highest BCUT2D eigenvalue weighted by Crippen LogP contribution is 2.20. The number of thiazole rings is 1. The number of fused-ring (bicyclic) bond motifs is 1. The average Bonchev–Trinajstić information content (AvgIpc) is 2.81. The maximum absolute atomic E-state index is 5.61. The van der Waals surface area contributed by atoms with Crippen LogP contribution in [0.2, 0.25) is 0 Å². The van der Waals surface area contributed by atoms with E-state index in [1.807, 2.05) is 12.1 Å². The van der Waals surface area contributed by atoms with Crippen molar-refractivity contribution in [3.8, 4) is 5.75 Å². The van der Waals surface area contributed by atoms with Gasteiger partial charge < -0.3 is 10.5 Å². The van der Waals surface area contributed by atoms with Crippen LogP contribution < -0.4 is 10.5 Å². The topological polar surface area (TPSA) is 73.9 Å². The van der Waals surface area contributed by atoms with Crippen molar-refractivity contribution in [2.75, 3.05) is 5.73 Å². The van der Waals surface area contributed by atoms with Gasteiger partial charge in [0.1, 0.15) is 17.4 Å². The van der Waals surface area contributed by atoms with Crippen molar-refractivity contribution in [2.45, 2.75) is 6.61 Å². The zero-order chi connectivity index (χ0) is 12.4. The van der Waals surface area contributed by atoms with E-state index in [-0.39, 0.29) is 0 Å². The first-order chi connectivity index (χ1) is 8.81. The van der Waals surface area contributed by atoms with Crippen molar-refractivity contribution in [2.24, 2.45) is 0 Å². The first-order valence-electron chi connectivity index (χ1n) is 5.36. The van der Waals surface area contributed by atoms with Gasteiger partial charge in [0, 0.05) is 18.1 Å². The van der Waals surface area contributed by atoms with Crippen molar-refractivity contribution >= 4 is 27.5 Å². The van der Waals surface area contributed by atoms with Gasteiger partial charge in [0.25, 0.3) is 0 Å². The van der Waals surface area contributed by atoms with Crippen LogP contribution in [0.4, 0.5) is 5.69 Å². The van der Waals surface area contributed by atoms with Gasteiger partial charge in [-0.25, -0.2) is 15.0 Å². The van der Waals surface area contributed by atoms with Crippen LogP contribution in [0.15, 0.2) is 36.7 Å². The highest BCUT2D eigenvalue weighted by molar-refractivity contribution is 7.18. The number of rotatable bonds is 3. The highest BCUT2D eigenvalue weighted by atomic mass is 32.1. The van der Waals surface area contributed by atoms with E-state index in [0.29, 0.717) is 12.3 Å². The maximum atomic E-state index is 5.61. The molecular formula is C12H10N4OS. The molecule has 5 nitrogen and oxygen atoms in total. The lowest BCUT2D eigenvalue weighted by Gasteiger charge is -2.03. The smallest absolute Gasteiger partial charge is 0.189 e. The molecule has 0 atom stereocenters. The molecule has 0 amide bonds. The Balaban J connectivity index is 1.74. The van der Waals surface area contributed by atoms with E-state index in [2.05, 4.69) is 15.0 Å². The van der Waals surface area contributed by atoms with Crippen molar-refractivity contribution in [1.29, 1.82) is 0 Å². The molecule has 1 aromatic carbocycles. The molecule has 0 saturated heterocycles. The predicted molar refractivity (Wildman–Crippen MR) is 70.4 cm³/mol. The van der Waals surface area contributed by atoms with Crippen LogP contribution in [0.5, 0.6) is 5.75 Å². The monoisotopic (exact) mass is 258 g/mol. The van der Waals surface area contributed by atoms with Crippen molar-refractivity contribution in [3.63, 3.8) is 0 Å². The fraction of sp³-hybridized carbons (Fsp3) is 0.0833. The van der Waals surface area contributed by atoms with Gasteiger partial charge in [0.2, 0.25) is 0 Å². The molecule has 90 valence electrons. The van der Waals surface area contributed by atoms with Gasteiger partial charge in [-0.15, -0.1) is 0 Å². The van der Waals surface area contributed by atoms with E-state index in [0.717, 1.165) is 21.3 Å². The summed E-state index contributed by atoms with van der Waals surface area (Å²) >= 11 is 1.49. The number of anilines is 1. The van der Waals surface area contributed by atoms with Gasteiger partial charge in [0.05, 0.1) is 0 Å². The first-order valence-corrected chi connectivity index (χ1v) is 6.18. The third-order valence-corrected chi connectivity index (χ3v) is 3.26. The lowest BCUT2D eigenvalue weighted by Crippen LogP contribution is -1.94. The number of aromatic nitrogens is 3. The van der Waals surface area contributed by atoms with Gasteiger partial charge in [-0.3, -0.25) is 0 Å². The minimum Gasteiger partial charge on any atom is -0.486 e. The Morgan fingerprint density at radius 1 is 1.11 bits per heavy atom. The zero-order valence-corrected chi connectivity index (χ0v) is 10.2. The fourth-order valence-electron chi connectivity index (χ4n) is 1.49. The lowest BCUT2D eigenvalue weighted by molar-refractivity contribution is 0.306. The van der Waals surface area contributed by atoms with Crippen LogP contribution in [0, 0.1) is 0 Å². The zero-order valence-electron chi connectivity index (χ0n) is 9.41. The summed E-state index contributed by atoms with van der Waals surface area (Å²) in [4.78, 5) is 13.5. The number of benzene rings is 1. The van der Waals surface area contributed by atoms with E-state index in [9.17, 15) is 0 Å². The van der Waals surface area contributed by atoms with Gasteiger partial charge in [-0.2, -0.15) is 0 Å². The van der Waals surface area contributed by atoms with Crippen molar-refractivity contribution < 1.29 is 4.74 Å². The Morgan fingerprint density at radius 3 is 2.67 bits per heavy atom. The van der Waals surface area contributed by atoms with Gasteiger partial charge in [-0.1, -0.05) is 11.3 Å². The molecule has 2 N–H and O–H groups in total. The second-order valence-electron chi connectivity index (χ2n) is 3.65. The summed E-state index contributed by atoms with van der Waals surface area (Å²) in [6.45, 7) is 0.409. The Morgan fingerprint density at radius 2 is 1.89 bits per heavy atom. The van der Waals surface area contributed by atoms with E-state index < -0.39 is 0 Å². The Labute approximate surface area is 107 Å². The molecule has 0 radical (unpaired) electrons. The normalized spacial score (nSPS) is 10.7. The summed E-state index contributed by atoms with van der Waals surface area (Å²) in [6.07, 6.45) is 3.29. The van der Waals surface area contributed by atoms with E-state index in [1.54, 1.807) is 24.5 Å². The lowest BCUT2D eigenvalue weighted by atomic mass is 10.3. The number of nitrogens with two attached hydrogens (primary N) is 1. The van der Waals surface area contributed by atoms with Crippen molar-refractivity contribution in [3.05, 3.63) is 41.7 Å². The number of nitrogen functional groups attached to an aromatic ring is 1. The third-order valence-electron chi connectivity index (χ3n) is 2.33. The highest BCUT2D eigenvalue weighted by Gasteiger charge is 2.05. The van der Waals surface area contributed by atoms with Gasteiger partial charge in [0.15, 0.2) is 10.5 Å². The summed E-state index contributed by atoms with van der Waals surface area (Å²) < 4.78 is 5.61. The average molecular weight is 258 g/mol. The van der Waals surface area contributed by atoms with E-state index in [1.165, 1.54) is 11.3 Å². The second kappa shape index (κ2) is 4.58. The Bertz CT molecular complexity index is 632. The van der Waals surface area contributed by atoms with E-state index in [4.69, 9.17) is 10.5 Å². The van der Waals surface area contributed by atoms with Crippen molar-refractivity contribution in [1.82, 2.24) is 15.0 Å². The summed E-state index contributed by atoms with van der Waals surface area (Å²) in [7, 11) is 0. The number of hydrogen-bond donors (Lipinski definition) is 1. The molecule has 0 spiro atoms. The molecule has 6 heteroatoms. The molecule has 0 fully saturated rings. The van der Waals surface area contributed by atoms with Crippen LogP contribution >= 0.6 is 11.3 Å². The van der Waals surface area contributed by atoms with Crippen LogP contribution in [0.25, 0.3) is 10.5 Å². The Kier molecular flexibility index (Phi) is 2.77. The molecule has 3 aromatic rings. The second-order valence-corrected chi connectivity index (χ2v) is 4.71. The third kappa shape index (κ3) is 2.23. The first kappa shape index (κ1) is 10.9.